The second-order valence-corrected chi connectivity index (χ2v) is 4.32. The minimum atomic E-state index is -0.344. The van der Waals surface area contributed by atoms with Crippen molar-refractivity contribution in [2.75, 3.05) is 13.7 Å². The third-order valence-electron chi connectivity index (χ3n) is 2.73. The zero-order valence-corrected chi connectivity index (χ0v) is 10.6. The van der Waals surface area contributed by atoms with Crippen molar-refractivity contribution in [3.05, 3.63) is 18.0 Å². The molecule has 0 atom stereocenters. The van der Waals surface area contributed by atoms with Crippen LogP contribution in [0.25, 0.3) is 0 Å². The fraction of sp³-hybridized carbons (Fsp3) is 0.538. The van der Waals surface area contributed by atoms with Crippen molar-refractivity contribution >= 4 is 5.97 Å². The van der Waals surface area contributed by atoms with Crippen LogP contribution >= 0.6 is 0 Å². The molecule has 18 heavy (non-hydrogen) atoms. The van der Waals surface area contributed by atoms with E-state index in [9.17, 15) is 4.79 Å². The maximum absolute atomic E-state index is 10.8. The van der Waals surface area contributed by atoms with Crippen molar-refractivity contribution in [3.8, 4) is 11.5 Å². The Morgan fingerprint density at radius 3 is 2.89 bits per heavy atom. The van der Waals surface area contributed by atoms with Gasteiger partial charge in [0.15, 0.2) is 11.5 Å². The number of carbonyl (C=O) groups is 1. The van der Waals surface area contributed by atoms with Crippen LogP contribution in [0.2, 0.25) is 0 Å². The minimum absolute atomic E-state index is 0.0964. The first-order chi connectivity index (χ1) is 8.70. The predicted molar refractivity (Wildman–Crippen MR) is 64.5 cm³/mol. The molecule has 0 N–H and O–H groups in total. The molecule has 5 heteroatoms. The van der Waals surface area contributed by atoms with Gasteiger partial charge in [0.1, 0.15) is 12.3 Å². The summed E-state index contributed by atoms with van der Waals surface area (Å²) in [4.78, 5) is 14.9. The molecular formula is C13H17NO4. The van der Waals surface area contributed by atoms with Gasteiger partial charge in [-0.3, -0.25) is 9.78 Å². The molecule has 0 aliphatic heterocycles. The summed E-state index contributed by atoms with van der Waals surface area (Å²) in [6.07, 6.45) is 4.09. The van der Waals surface area contributed by atoms with Crippen LogP contribution in [-0.4, -0.2) is 24.7 Å². The fourth-order valence-corrected chi connectivity index (χ4v) is 1.57. The van der Waals surface area contributed by atoms with Gasteiger partial charge in [-0.05, 0) is 18.8 Å². The molecule has 1 fully saturated rings. The Hall–Kier alpha value is -1.78. The fourth-order valence-electron chi connectivity index (χ4n) is 1.57. The summed E-state index contributed by atoms with van der Waals surface area (Å²) < 4.78 is 15.9. The first-order valence-electron chi connectivity index (χ1n) is 5.98. The van der Waals surface area contributed by atoms with Crippen LogP contribution in [0.3, 0.4) is 0 Å². The molecule has 1 heterocycles. The van der Waals surface area contributed by atoms with Gasteiger partial charge in [0.05, 0.1) is 13.7 Å². The molecule has 5 nitrogen and oxygen atoms in total. The van der Waals surface area contributed by atoms with Gasteiger partial charge in [-0.2, -0.15) is 0 Å². The number of esters is 1. The molecule has 0 spiro atoms. The van der Waals surface area contributed by atoms with Gasteiger partial charge < -0.3 is 14.2 Å². The van der Waals surface area contributed by atoms with E-state index in [4.69, 9.17) is 14.2 Å². The number of aromatic nitrogens is 1. The van der Waals surface area contributed by atoms with E-state index in [-0.39, 0.29) is 12.6 Å². The summed E-state index contributed by atoms with van der Waals surface area (Å²) in [7, 11) is 1.55. The normalized spacial score (nSPS) is 14.1. The summed E-state index contributed by atoms with van der Waals surface area (Å²) in [5.41, 5.74) is 0.570. The molecule has 0 aromatic carbocycles. The molecule has 0 amide bonds. The second kappa shape index (κ2) is 5.71. The number of nitrogens with zero attached hydrogens (tertiary/aromatic N) is 1. The number of carbonyl (C=O) groups excluding carboxylic acids is 1. The molecule has 0 radical (unpaired) electrons. The molecule has 1 aliphatic rings. The van der Waals surface area contributed by atoms with Crippen molar-refractivity contribution in [3.63, 3.8) is 0 Å². The number of pyridine rings is 1. The Kier molecular flexibility index (Phi) is 4.02. The SMILES string of the molecule is COc1c(OCC2CC2)ccnc1COC(C)=O. The number of ether oxygens (including phenoxy) is 3. The van der Waals surface area contributed by atoms with Crippen molar-refractivity contribution in [1.82, 2.24) is 4.98 Å². The van der Waals surface area contributed by atoms with Crippen LogP contribution < -0.4 is 9.47 Å². The van der Waals surface area contributed by atoms with Crippen LogP contribution in [0.4, 0.5) is 0 Å². The third kappa shape index (κ3) is 3.35. The first kappa shape index (κ1) is 12.7. The van der Waals surface area contributed by atoms with E-state index in [1.807, 2.05) is 0 Å². The highest BCUT2D eigenvalue weighted by atomic mass is 16.5. The van der Waals surface area contributed by atoms with Crippen LogP contribution in [0.15, 0.2) is 12.3 Å². The van der Waals surface area contributed by atoms with Crippen molar-refractivity contribution in [2.24, 2.45) is 5.92 Å². The van der Waals surface area contributed by atoms with Crippen molar-refractivity contribution in [1.29, 1.82) is 0 Å². The second-order valence-electron chi connectivity index (χ2n) is 4.32. The van der Waals surface area contributed by atoms with Gasteiger partial charge in [-0.25, -0.2) is 0 Å². The van der Waals surface area contributed by atoms with Gasteiger partial charge in [-0.15, -0.1) is 0 Å². The first-order valence-corrected chi connectivity index (χ1v) is 5.98. The Balaban J connectivity index is 2.07. The Morgan fingerprint density at radius 2 is 2.28 bits per heavy atom. The van der Waals surface area contributed by atoms with Crippen LogP contribution in [0, 0.1) is 5.92 Å². The molecule has 1 aromatic heterocycles. The zero-order valence-electron chi connectivity index (χ0n) is 10.6. The van der Waals surface area contributed by atoms with E-state index in [1.165, 1.54) is 19.8 Å². The standard InChI is InChI=1S/C13H17NO4/c1-9(15)17-8-11-13(16-2)12(5-6-14-11)18-7-10-3-4-10/h5-6,10H,3-4,7-8H2,1-2H3. The lowest BCUT2D eigenvalue weighted by Crippen LogP contribution is -2.06. The van der Waals surface area contributed by atoms with Gasteiger partial charge in [0.25, 0.3) is 0 Å². The van der Waals surface area contributed by atoms with E-state index < -0.39 is 0 Å². The molecule has 98 valence electrons. The summed E-state index contributed by atoms with van der Waals surface area (Å²) in [5.74, 6) is 1.52. The molecule has 0 unspecified atom stereocenters. The molecule has 1 saturated carbocycles. The van der Waals surface area contributed by atoms with E-state index in [0.29, 0.717) is 29.7 Å². The topological polar surface area (TPSA) is 57.6 Å². The summed E-state index contributed by atoms with van der Waals surface area (Å²) >= 11 is 0. The smallest absolute Gasteiger partial charge is 0.303 e. The molecule has 1 aliphatic carbocycles. The van der Waals surface area contributed by atoms with E-state index in [1.54, 1.807) is 19.4 Å². The van der Waals surface area contributed by atoms with Crippen molar-refractivity contribution in [2.45, 2.75) is 26.4 Å². The zero-order chi connectivity index (χ0) is 13.0. The maximum atomic E-state index is 10.8. The summed E-state index contributed by atoms with van der Waals surface area (Å²) in [6, 6.07) is 1.76. The number of hydrogen-bond donors (Lipinski definition) is 0. The third-order valence-corrected chi connectivity index (χ3v) is 2.73. The van der Waals surface area contributed by atoms with Gasteiger partial charge in [0, 0.05) is 19.2 Å². The average Bonchev–Trinajstić information content (AvgIpc) is 3.17. The average molecular weight is 251 g/mol. The lowest BCUT2D eigenvalue weighted by atomic mass is 10.3. The molecule has 0 saturated heterocycles. The highest BCUT2D eigenvalue weighted by Crippen LogP contribution is 2.34. The highest BCUT2D eigenvalue weighted by Gasteiger charge is 2.23. The van der Waals surface area contributed by atoms with E-state index in [2.05, 4.69) is 4.98 Å². The largest absolute Gasteiger partial charge is 0.491 e. The van der Waals surface area contributed by atoms with E-state index >= 15 is 0 Å². The summed E-state index contributed by atoms with van der Waals surface area (Å²) in [6.45, 7) is 2.16. The van der Waals surface area contributed by atoms with Crippen molar-refractivity contribution < 1.29 is 19.0 Å². The van der Waals surface area contributed by atoms with Crippen LogP contribution in [-0.2, 0) is 16.1 Å². The molecular weight excluding hydrogens is 234 g/mol. The summed E-state index contributed by atoms with van der Waals surface area (Å²) in [5, 5.41) is 0. The molecule has 0 bridgehead atoms. The van der Waals surface area contributed by atoms with Crippen LogP contribution in [0.1, 0.15) is 25.5 Å². The quantitative estimate of drug-likeness (QED) is 0.723. The Bertz CT molecular complexity index is 429. The highest BCUT2D eigenvalue weighted by molar-refractivity contribution is 5.66. The van der Waals surface area contributed by atoms with E-state index in [0.717, 1.165) is 0 Å². The molecule has 1 aromatic rings. The van der Waals surface area contributed by atoms with Gasteiger partial charge in [0.2, 0.25) is 0 Å². The Labute approximate surface area is 106 Å². The monoisotopic (exact) mass is 251 g/mol. The lowest BCUT2D eigenvalue weighted by Gasteiger charge is -2.13. The Morgan fingerprint density at radius 1 is 1.50 bits per heavy atom. The lowest BCUT2D eigenvalue weighted by molar-refractivity contribution is -0.142. The predicted octanol–water partition coefficient (Wildman–Crippen LogP) is 1.94. The van der Waals surface area contributed by atoms with Gasteiger partial charge >= 0.3 is 5.97 Å². The van der Waals surface area contributed by atoms with Crippen LogP contribution in [0.5, 0.6) is 11.5 Å². The number of methoxy groups -OCH3 is 1. The maximum Gasteiger partial charge on any atom is 0.303 e. The number of hydrogen-bond acceptors (Lipinski definition) is 5. The van der Waals surface area contributed by atoms with Gasteiger partial charge in [-0.1, -0.05) is 0 Å². The minimum Gasteiger partial charge on any atom is -0.491 e. The molecule has 2 rings (SSSR count). The number of rotatable bonds is 6.